The number of likely N-dealkylation sites (tertiary alicyclic amines) is 1. The molecule has 5 nitrogen and oxygen atoms in total. The lowest BCUT2D eigenvalue weighted by Crippen LogP contribution is -2.49. The first-order chi connectivity index (χ1) is 12.1. The molecule has 1 aromatic heterocycles. The highest BCUT2D eigenvalue weighted by Gasteiger charge is 2.39. The zero-order valence-corrected chi connectivity index (χ0v) is 15.2. The molecular weight excluding hydrogens is 369 g/mol. The summed E-state index contributed by atoms with van der Waals surface area (Å²) in [4.78, 5) is 2.07. The van der Waals surface area contributed by atoms with Gasteiger partial charge >= 0.3 is 6.18 Å². The zero-order valence-electron chi connectivity index (χ0n) is 14.4. The van der Waals surface area contributed by atoms with Crippen LogP contribution in [-0.4, -0.2) is 55.7 Å². The second-order valence-electron chi connectivity index (χ2n) is 6.68. The largest absolute Gasteiger partial charge is 0.460 e. The van der Waals surface area contributed by atoms with E-state index in [4.69, 9.17) is 4.42 Å². The van der Waals surface area contributed by atoms with Crippen LogP contribution in [-0.2, 0) is 16.6 Å². The molecule has 144 valence electrons. The van der Waals surface area contributed by atoms with Crippen LogP contribution in [0.5, 0.6) is 0 Å². The number of piperidine rings is 1. The summed E-state index contributed by atoms with van der Waals surface area (Å²) in [5.74, 6) is 0.792. The normalized spacial score (nSPS) is 18.0. The van der Waals surface area contributed by atoms with E-state index in [1.165, 1.54) is 0 Å². The summed E-state index contributed by atoms with van der Waals surface area (Å²) >= 11 is 0. The van der Waals surface area contributed by atoms with Crippen LogP contribution in [0, 0.1) is 0 Å². The maximum atomic E-state index is 12.7. The average molecular weight is 390 g/mol. The van der Waals surface area contributed by atoms with Gasteiger partial charge in [0.05, 0.1) is 12.8 Å². The van der Waals surface area contributed by atoms with Crippen LogP contribution in [0.15, 0.2) is 34.7 Å². The number of halogens is 3. The van der Waals surface area contributed by atoms with Gasteiger partial charge in [0.1, 0.15) is 17.9 Å². The van der Waals surface area contributed by atoms with Crippen LogP contribution >= 0.6 is 0 Å². The van der Waals surface area contributed by atoms with E-state index in [1.54, 1.807) is 0 Å². The standard InChI is InChI=1S/C17H21F3N2O3S/c1-26(23,24)22(12-17(18,19)20)14-6-8-21(9-7-14)11-15-10-13-4-2-3-5-16(13)25-15/h2-5,10,14H,6-9,11-12H2,1H3. The van der Waals surface area contributed by atoms with Gasteiger partial charge in [0, 0.05) is 24.5 Å². The molecule has 1 fully saturated rings. The number of furan rings is 1. The molecule has 0 saturated carbocycles. The Balaban J connectivity index is 1.62. The molecule has 0 aliphatic carbocycles. The van der Waals surface area contributed by atoms with Gasteiger partial charge in [-0.25, -0.2) is 8.42 Å². The summed E-state index contributed by atoms with van der Waals surface area (Å²) in [7, 11) is -3.92. The third-order valence-electron chi connectivity index (χ3n) is 4.58. The summed E-state index contributed by atoms with van der Waals surface area (Å²) in [6, 6.07) is 8.98. The molecule has 26 heavy (non-hydrogen) atoms. The summed E-state index contributed by atoms with van der Waals surface area (Å²) in [5, 5.41) is 1.01. The SMILES string of the molecule is CS(=O)(=O)N(CC(F)(F)F)C1CCN(Cc2cc3ccccc3o2)CC1. The van der Waals surface area contributed by atoms with E-state index in [-0.39, 0.29) is 0 Å². The summed E-state index contributed by atoms with van der Waals surface area (Å²) in [5.41, 5.74) is 0.797. The predicted molar refractivity (Wildman–Crippen MR) is 92.1 cm³/mol. The molecule has 0 amide bonds. The maximum Gasteiger partial charge on any atom is 0.402 e. The Kier molecular flexibility index (Phi) is 5.32. The third-order valence-corrected chi connectivity index (χ3v) is 5.86. The number of rotatable bonds is 5. The first-order valence-corrected chi connectivity index (χ1v) is 10.2. The fourth-order valence-electron chi connectivity index (χ4n) is 3.39. The maximum absolute atomic E-state index is 12.7. The fourth-order valence-corrected chi connectivity index (χ4v) is 4.53. The molecule has 1 saturated heterocycles. The number of hydrogen-bond donors (Lipinski definition) is 0. The summed E-state index contributed by atoms with van der Waals surface area (Å²) in [6.45, 7) is 0.163. The molecular formula is C17H21F3N2O3S. The van der Waals surface area contributed by atoms with Gasteiger partial charge < -0.3 is 4.42 Å². The number of fused-ring (bicyclic) bond motifs is 1. The van der Waals surface area contributed by atoms with E-state index in [2.05, 4.69) is 4.90 Å². The first-order valence-electron chi connectivity index (χ1n) is 8.35. The monoisotopic (exact) mass is 390 g/mol. The van der Waals surface area contributed by atoms with Crippen molar-refractivity contribution in [2.45, 2.75) is 31.6 Å². The van der Waals surface area contributed by atoms with Crippen LogP contribution in [0.2, 0.25) is 0 Å². The van der Waals surface area contributed by atoms with Gasteiger partial charge in [-0.05, 0) is 25.0 Å². The molecule has 0 atom stereocenters. The van der Waals surface area contributed by atoms with Gasteiger partial charge in [0.2, 0.25) is 10.0 Å². The molecule has 9 heteroatoms. The van der Waals surface area contributed by atoms with Crippen molar-refractivity contribution in [1.82, 2.24) is 9.21 Å². The van der Waals surface area contributed by atoms with E-state index in [0.29, 0.717) is 36.8 Å². The van der Waals surface area contributed by atoms with Crippen LogP contribution in [0.25, 0.3) is 11.0 Å². The molecule has 0 N–H and O–H groups in total. The molecule has 0 bridgehead atoms. The Morgan fingerprint density at radius 1 is 1.23 bits per heavy atom. The zero-order chi connectivity index (χ0) is 18.9. The van der Waals surface area contributed by atoms with Crippen molar-refractivity contribution >= 4 is 21.0 Å². The van der Waals surface area contributed by atoms with E-state index in [9.17, 15) is 21.6 Å². The van der Waals surface area contributed by atoms with Gasteiger partial charge in [0.25, 0.3) is 0 Å². The van der Waals surface area contributed by atoms with Crippen molar-refractivity contribution in [2.75, 3.05) is 25.9 Å². The van der Waals surface area contributed by atoms with E-state index in [1.807, 2.05) is 30.3 Å². The first kappa shape index (κ1) is 19.2. The number of alkyl halides is 3. The molecule has 2 heterocycles. The van der Waals surface area contributed by atoms with E-state index < -0.39 is 28.8 Å². The van der Waals surface area contributed by atoms with E-state index >= 15 is 0 Å². The minimum atomic E-state index is -4.55. The minimum Gasteiger partial charge on any atom is -0.460 e. The lowest BCUT2D eigenvalue weighted by molar-refractivity contribution is -0.140. The van der Waals surface area contributed by atoms with Gasteiger partial charge in [-0.15, -0.1) is 0 Å². The molecule has 1 aromatic carbocycles. The highest BCUT2D eigenvalue weighted by atomic mass is 32.2. The Morgan fingerprint density at radius 3 is 2.46 bits per heavy atom. The summed E-state index contributed by atoms with van der Waals surface area (Å²) in [6.07, 6.45) is -2.99. The van der Waals surface area contributed by atoms with Crippen LogP contribution in [0.4, 0.5) is 13.2 Å². The van der Waals surface area contributed by atoms with Crippen molar-refractivity contribution in [3.8, 4) is 0 Å². The molecule has 2 aromatic rings. The molecule has 0 unspecified atom stereocenters. The Labute approximate surface area is 150 Å². The quantitative estimate of drug-likeness (QED) is 0.787. The van der Waals surface area contributed by atoms with Crippen molar-refractivity contribution in [2.24, 2.45) is 0 Å². The molecule has 3 rings (SSSR count). The average Bonchev–Trinajstić information content (AvgIpc) is 2.94. The number of sulfonamides is 1. The Morgan fingerprint density at radius 2 is 1.88 bits per heavy atom. The smallest absolute Gasteiger partial charge is 0.402 e. The topological polar surface area (TPSA) is 53.8 Å². The van der Waals surface area contributed by atoms with Crippen molar-refractivity contribution in [3.05, 3.63) is 36.1 Å². The van der Waals surface area contributed by atoms with Crippen LogP contribution in [0.3, 0.4) is 0 Å². The number of hydrogen-bond acceptors (Lipinski definition) is 4. The molecule has 1 aliphatic heterocycles. The fraction of sp³-hybridized carbons (Fsp3) is 0.529. The molecule has 0 radical (unpaired) electrons. The lowest BCUT2D eigenvalue weighted by atomic mass is 10.0. The second-order valence-corrected chi connectivity index (χ2v) is 8.62. The number of para-hydroxylation sites is 1. The second kappa shape index (κ2) is 7.21. The Hall–Kier alpha value is -1.58. The number of nitrogens with zero attached hydrogens (tertiary/aromatic N) is 2. The number of benzene rings is 1. The summed E-state index contributed by atoms with van der Waals surface area (Å²) < 4.78 is 68.1. The Bertz CT molecular complexity index is 823. The van der Waals surface area contributed by atoms with Gasteiger partial charge in [-0.1, -0.05) is 18.2 Å². The highest BCUT2D eigenvalue weighted by Crippen LogP contribution is 2.26. The van der Waals surface area contributed by atoms with Gasteiger partial charge in [0.15, 0.2) is 0 Å². The van der Waals surface area contributed by atoms with Crippen LogP contribution < -0.4 is 0 Å². The predicted octanol–water partition coefficient (Wildman–Crippen LogP) is 3.22. The third kappa shape index (κ3) is 4.77. The van der Waals surface area contributed by atoms with Gasteiger partial charge in [-0.3, -0.25) is 4.90 Å². The van der Waals surface area contributed by atoms with Crippen molar-refractivity contribution in [3.63, 3.8) is 0 Å². The molecule has 1 aliphatic rings. The lowest BCUT2D eigenvalue weighted by Gasteiger charge is -2.37. The van der Waals surface area contributed by atoms with Crippen LogP contribution in [0.1, 0.15) is 18.6 Å². The van der Waals surface area contributed by atoms with Gasteiger partial charge in [-0.2, -0.15) is 17.5 Å². The van der Waals surface area contributed by atoms with Crippen molar-refractivity contribution < 1.29 is 26.0 Å². The van der Waals surface area contributed by atoms with E-state index in [0.717, 1.165) is 23.0 Å². The minimum absolute atomic E-state index is 0.364. The van der Waals surface area contributed by atoms with Crippen molar-refractivity contribution in [1.29, 1.82) is 0 Å². The molecule has 0 spiro atoms. The highest BCUT2D eigenvalue weighted by molar-refractivity contribution is 7.88.